The summed E-state index contributed by atoms with van der Waals surface area (Å²) in [6, 6.07) is 1.92. The van der Waals surface area contributed by atoms with Crippen molar-refractivity contribution in [3.63, 3.8) is 0 Å². The molecule has 0 radical (unpaired) electrons. The SMILES string of the molecule is O=C(O)C(F)(F)F.O=CC1CCCC1.c1cc2n3c(cnc-2n1)N=NC3. The van der Waals surface area contributed by atoms with Crippen molar-refractivity contribution in [1.29, 1.82) is 0 Å². The molecule has 0 aromatic rings. The first-order valence-corrected chi connectivity index (χ1v) is 7.76. The molecule has 4 aliphatic rings. The van der Waals surface area contributed by atoms with Gasteiger partial charge in [0, 0.05) is 12.1 Å². The van der Waals surface area contributed by atoms with E-state index in [1.165, 1.54) is 12.8 Å². The monoisotopic (exact) mass is 371 g/mol. The van der Waals surface area contributed by atoms with Crippen LogP contribution >= 0.6 is 0 Å². The van der Waals surface area contributed by atoms with Gasteiger partial charge in [-0.2, -0.15) is 18.3 Å². The summed E-state index contributed by atoms with van der Waals surface area (Å²) in [6.45, 7) is 0.583. The van der Waals surface area contributed by atoms with Gasteiger partial charge in [-0.1, -0.05) is 12.8 Å². The van der Waals surface area contributed by atoms with Crippen LogP contribution in [0.3, 0.4) is 0 Å². The molecule has 0 aromatic heterocycles. The molecule has 0 saturated heterocycles. The quantitative estimate of drug-likeness (QED) is 0.772. The van der Waals surface area contributed by atoms with E-state index in [4.69, 9.17) is 9.90 Å². The lowest BCUT2D eigenvalue weighted by atomic mass is 10.1. The summed E-state index contributed by atoms with van der Waals surface area (Å²) < 4.78 is 33.7. The number of alkyl halides is 3. The summed E-state index contributed by atoms with van der Waals surface area (Å²) in [5.41, 5.74) is 0.998. The second kappa shape index (κ2) is 8.50. The number of aliphatic carboxylic acids is 1. The van der Waals surface area contributed by atoms with Crippen LogP contribution in [0.15, 0.2) is 28.7 Å². The van der Waals surface area contributed by atoms with Gasteiger partial charge in [-0.3, -0.25) is 4.57 Å². The van der Waals surface area contributed by atoms with Gasteiger partial charge in [0.25, 0.3) is 0 Å². The molecule has 0 spiro atoms. The Bertz CT molecular complexity index is 753. The van der Waals surface area contributed by atoms with Gasteiger partial charge in [0.1, 0.15) is 13.0 Å². The van der Waals surface area contributed by atoms with Crippen molar-refractivity contribution in [3.8, 4) is 11.5 Å². The van der Waals surface area contributed by atoms with Crippen LogP contribution in [0.5, 0.6) is 0 Å². The first-order chi connectivity index (χ1) is 12.3. The number of azo groups is 1. The van der Waals surface area contributed by atoms with Crippen LogP contribution in [0, 0.1) is 5.92 Å². The van der Waals surface area contributed by atoms with Gasteiger partial charge in [-0.15, -0.1) is 5.11 Å². The maximum Gasteiger partial charge on any atom is 0.490 e. The highest BCUT2D eigenvalue weighted by atomic mass is 19.4. The van der Waals surface area contributed by atoms with E-state index >= 15 is 0 Å². The maximum absolute atomic E-state index is 10.6. The van der Waals surface area contributed by atoms with Gasteiger partial charge in [0.15, 0.2) is 11.6 Å². The van der Waals surface area contributed by atoms with Gasteiger partial charge in [0.2, 0.25) is 0 Å². The Morgan fingerprint density at radius 3 is 2.46 bits per heavy atom. The number of aldehydes is 1. The molecule has 4 rings (SSSR count). The molecule has 3 aliphatic heterocycles. The Hall–Kier alpha value is -2.85. The van der Waals surface area contributed by atoms with Crippen LogP contribution in [0.25, 0.3) is 11.5 Å². The van der Waals surface area contributed by atoms with E-state index in [0.29, 0.717) is 12.6 Å². The molecule has 1 aliphatic carbocycles. The van der Waals surface area contributed by atoms with Crippen molar-refractivity contribution in [2.45, 2.75) is 38.5 Å². The largest absolute Gasteiger partial charge is 0.490 e. The van der Waals surface area contributed by atoms with Crippen molar-refractivity contribution >= 4 is 18.1 Å². The molecule has 0 amide bonds. The zero-order valence-electron chi connectivity index (χ0n) is 13.6. The molecule has 3 heterocycles. The minimum Gasteiger partial charge on any atom is -0.475 e. The minimum absolute atomic E-state index is 0.417. The average molecular weight is 371 g/mol. The molecule has 26 heavy (non-hydrogen) atoms. The Kier molecular flexibility index (Phi) is 6.36. The van der Waals surface area contributed by atoms with Crippen LogP contribution in [0.4, 0.5) is 19.0 Å². The van der Waals surface area contributed by atoms with Crippen LogP contribution in [-0.2, 0) is 16.3 Å². The Labute approximate surface area is 146 Å². The lowest BCUT2D eigenvalue weighted by molar-refractivity contribution is -0.192. The predicted octanol–water partition coefficient (Wildman–Crippen LogP) is 3.45. The summed E-state index contributed by atoms with van der Waals surface area (Å²) in [5, 5.41) is 15.0. The number of fused-ring (bicyclic) bond motifs is 3. The summed E-state index contributed by atoms with van der Waals surface area (Å²) in [4.78, 5) is 27.1. The van der Waals surface area contributed by atoms with Gasteiger partial charge in [-0.25, -0.2) is 14.8 Å². The first-order valence-electron chi connectivity index (χ1n) is 7.76. The number of carboxylic acids is 1. The fourth-order valence-electron chi connectivity index (χ4n) is 2.43. The molecule has 1 saturated carbocycles. The summed E-state index contributed by atoms with van der Waals surface area (Å²) >= 11 is 0. The number of carboxylic acid groups (broad SMARTS) is 1. The standard InChI is InChI=1S/C7H5N5.C6H10O.C2HF3O2/c1-2-8-7-5(1)12-4-10-11-6(12)3-9-7;7-5-6-3-1-2-4-6;3-2(4,5)1(6)7/h1-3H,4H2;5-6H,1-4H2;(H,6,7). The molecule has 0 bridgehead atoms. The fourth-order valence-corrected chi connectivity index (χ4v) is 2.43. The number of halogens is 3. The normalized spacial score (nSPS) is 15.7. The third-order valence-electron chi connectivity index (χ3n) is 3.74. The van der Waals surface area contributed by atoms with Gasteiger partial charge in [0.05, 0.1) is 11.9 Å². The second-order valence-electron chi connectivity index (χ2n) is 5.56. The van der Waals surface area contributed by atoms with Crippen molar-refractivity contribution in [3.05, 3.63) is 18.5 Å². The van der Waals surface area contributed by atoms with Gasteiger partial charge >= 0.3 is 12.1 Å². The van der Waals surface area contributed by atoms with E-state index in [9.17, 15) is 18.0 Å². The molecular formula is C15H16F3N5O3. The van der Waals surface area contributed by atoms with E-state index in [1.54, 1.807) is 12.4 Å². The highest BCUT2D eigenvalue weighted by molar-refractivity contribution is 5.73. The van der Waals surface area contributed by atoms with Crippen LogP contribution in [0.2, 0.25) is 0 Å². The van der Waals surface area contributed by atoms with Gasteiger partial charge in [-0.05, 0) is 18.9 Å². The van der Waals surface area contributed by atoms with Crippen molar-refractivity contribution in [1.82, 2.24) is 14.5 Å². The number of nitrogens with zero attached hydrogens (tertiary/aromatic N) is 5. The molecular weight excluding hydrogens is 355 g/mol. The minimum atomic E-state index is -5.08. The van der Waals surface area contributed by atoms with E-state index in [-0.39, 0.29) is 0 Å². The number of carbonyl (C=O) groups is 2. The van der Waals surface area contributed by atoms with E-state index in [1.807, 2.05) is 10.6 Å². The topological polar surface area (TPSA) is 110 Å². The summed E-state index contributed by atoms with van der Waals surface area (Å²) in [7, 11) is 0. The number of hydrogen-bond acceptors (Lipinski definition) is 6. The molecule has 8 nitrogen and oxygen atoms in total. The highest BCUT2D eigenvalue weighted by Crippen LogP contribution is 2.27. The fraction of sp³-hybridized carbons (Fsp3) is 0.467. The van der Waals surface area contributed by atoms with Crippen LogP contribution in [-0.4, -0.2) is 38.1 Å². The Balaban J connectivity index is 0.000000152. The lowest BCUT2D eigenvalue weighted by Gasteiger charge is -2.04. The molecule has 0 unspecified atom stereocenters. The molecule has 1 fully saturated rings. The van der Waals surface area contributed by atoms with Gasteiger partial charge < -0.3 is 9.90 Å². The molecule has 11 heteroatoms. The summed E-state index contributed by atoms with van der Waals surface area (Å²) in [5.74, 6) is -0.783. The lowest BCUT2D eigenvalue weighted by Crippen LogP contribution is -2.21. The molecule has 140 valence electrons. The Morgan fingerprint density at radius 2 is 1.92 bits per heavy atom. The van der Waals surface area contributed by atoms with Crippen molar-refractivity contribution in [2.24, 2.45) is 16.1 Å². The molecule has 1 N–H and O–H groups in total. The number of aromatic nitrogens is 3. The van der Waals surface area contributed by atoms with Crippen molar-refractivity contribution in [2.75, 3.05) is 0 Å². The first kappa shape index (κ1) is 19.5. The average Bonchev–Trinajstić information content (AvgIpc) is 3.33. The van der Waals surface area contributed by atoms with Crippen LogP contribution in [0.1, 0.15) is 25.7 Å². The Morgan fingerprint density at radius 1 is 1.27 bits per heavy atom. The van der Waals surface area contributed by atoms with E-state index < -0.39 is 12.1 Å². The number of rotatable bonds is 1. The van der Waals surface area contributed by atoms with Crippen molar-refractivity contribution < 1.29 is 27.9 Å². The third kappa shape index (κ3) is 5.07. The van der Waals surface area contributed by atoms with E-state index in [0.717, 1.165) is 36.5 Å². The van der Waals surface area contributed by atoms with Crippen LogP contribution < -0.4 is 0 Å². The number of hydrogen-bond donors (Lipinski definition) is 1. The highest BCUT2D eigenvalue weighted by Gasteiger charge is 2.38. The third-order valence-corrected chi connectivity index (χ3v) is 3.74. The molecule has 0 atom stereocenters. The maximum atomic E-state index is 10.6. The second-order valence-corrected chi connectivity index (χ2v) is 5.56. The number of carbonyl (C=O) groups excluding carboxylic acids is 1. The smallest absolute Gasteiger partial charge is 0.475 e. The van der Waals surface area contributed by atoms with E-state index in [2.05, 4.69) is 20.2 Å². The zero-order chi connectivity index (χ0) is 19.2. The summed E-state index contributed by atoms with van der Waals surface area (Å²) in [6.07, 6.45) is 4.25. The predicted molar refractivity (Wildman–Crippen MR) is 82.9 cm³/mol. The zero-order valence-corrected chi connectivity index (χ0v) is 13.6. The molecule has 0 aromatic carbocycles.